The molecule has 0 bridgehead atoms. The molecule has 9 heteroatoms. The van der Waals surface area contributed by atoms with Gasteiger partial charge in [0.25, 0.3) is 15.9 Å². The first-order chi connectivity index (χ1) is 12.8. The van der Waals surface area contributed by atoms with Crippen molar-refractivity contribution >= 4 is 21.6 Å². The van der Waals surface area contributed by atoms with E-state index in [0.29, 0.717) is 16.7 Å². The number of rotatable bonds is 5. The van der Waals surface area contributed by atoms with E-state index >= 15 is 0 Å². The second-order valence-electron chi connectivity index (χ2n) is 6.66. The lowest BCUT2D eigenvalue weighted by atomic mass is 10.1. The molecule has 2 aromatic rings. The van der Waals surface area contributed by atoms with Crippen molar-refractivity contribution < 1.29 is 26.4 Å². The molecule has 0 aliphatic rings. The minimum atomic E-state index is -4.54. The van der Waals surface area contributed by atoms with Gasteiger partial charge in [-0.25, -0.2) is 8.42 Å². The Morgan fingerprint density at radius 3 is 2.07 bits per heavy atom. The average Bonchev–Trinajstić information content (AvgIpc) is 2.52. The zero-order chi connectivity index (χ0) is 21.3. The van der Waals surface area contributed by atoms with E-state index in [1.54, 1.807) is 38.2 Å². The maximum atomic E-state index is 12.9. The summed E-state index contributed by atoms with van der Waals surface area (Å²) in [5.74, 6) is -0.944. The Bertz CT molecular complexity index is 993. The number of sulfonamides is 1. The van der Waals surface area contributed by atoms with Crippen molar-refractivity contribution in [3.63, 3.8) is 0 Å². The third-order valence-electron chi connectivity index (χ3n) is 4.07. The standard InChI is InChI=1S/C19H21F3N2O3S/c1-11-7-13(3)17(14(4)8-11)28(26,27)24-16-9-15(6-5-12(16)2)18(25)23-10-19(20,21)22/h5-9,24H,10H2,1-4H3,(H,23,25). The van der Waals surface area contributed by atoms with Gasteiger partial charge in [-0.1, -0.05) is 23.8 Å². The molecular formula is C19H21F3N2O3S. The summed E-state index contributed by atoms with van der Waals surface area (Å²) in [4.78, 5) is 12.1. The molecule has 0 atom stereocenters. The van der Waals surface area contributed by atoms with Crippen molar-refractivity contribution in [2.45, 2.75) is 38.8 Å². The summed E-state index contributed by atoms with van der Waals surface area (Å²) in [6, 6.07) is 7.51. The van der Waals surface area contributed by atoms with Crippen LogP contribution in [0.4, 0.5) is 18.9 Å². The van der Waals surface area contributed by atoms with Gasteiger partial charge in [0.15, 0.2) is 0 Å². The molecule has 0 aliphatic carbocycles. The highest BCUT2D eigenvalue weighted by Gasteiger charge is 2.28. The number of halogens is 3. The lowest BCUT2D eigenvalue weighted by molar-refractivity contribution is -0.123. The number of hydrogen-bond donors (Lipinski definition) is 2. The number of amides is 1. The van der Waals surface area contributed by atoms with Crippen LogP contribution >= 0.6 is 0 Å². The molecule has 0 saturated heterocycles. The van der Waals surface area contributed by atoms with Gasteiger partial charge in [-0.3, -0.25) is 9.52 Å². The van der Waals surface area contributed by atoms with E-state index in [2.05, 4.69) is 4.72 Å². The Labute approximate surface area is 162 Å². The number of aryl methyl sites for hydroxylation is 4. The molecule has 2 N–H and O–H groups in total. The molecule has 0 fully saturated rings. The van der Waals surface area contributed by atoms with E-state index < -0.39 is 28.7 Å². The molecule has 152 valence electrons. The molecule has 28 heavy (non-hydrogen) atoms. The SMILES string of the molecule is Cc1cc(C)c(S(=O)(=O)Nc2cc(C(=O)NCC(F)(F)F)ccc2C)c(C)c1. The number of anilines is 1. The number of nitrogens with one attached hydrogen (secondary N) is 2. The normalized spacial score (nSPS) is 12.0. The largest absolute Gasteiger partial charge is 0.405 e. The van der Waals surface area contributed by atoms with Crippen LogP contribution in [0.25, 0.3) is 0 Å². The summed E-state index contributed by atoms with van der Waals surface area (Å²) < 4.78 is 65.1. The Morgan fingerprint density at radius 2 is 1.54 bits per heavy atom. The van der Waals surface area contributed by atoms with Crippen LogP contribution in [0.15, 0.2) is 35.2 Å². The predicted octanol–water partition coefficient (Wildman–Crippen LogP) is 4.01. The molecule has 0 saturated carbocycles. The van der Waals surface area contributed by atoms with Gasteiger partial charge < -0.3 is 5.32 Å². The van der Waals surface area contributed by atoms with E-state index in [1.807, 2.05) is 6.92 Å². The summed E-state index contributed by atoms with van der Waals surface area (Å²) >= 11 is 0. The first-order valence-corrected chi connectivity index (χ1v) is 9.85. The van der Waals surface area contributed by atoms with Gasteiger partial charge in [-0.2, -0.15) is 13.2 Å². The van der Waals surface area contributed by atoms with Crippen LogP contribution in [-0.4, -0.2) is 27.0 Å². The van der Waals surface area contributed by atoms with Crippen LogP contribution in [0, 0.1) is 27.7 Å². The van der Waals surface area contributed by atoms with E-state index in [-0.39, 0.29) is 16.1 Å². The quantitative estimate of drug-likeness (QED) is 0.776. The van der Waals surface area contributed by atoms with E-state index in [0.717, 1.165) is 5.56 Å². The molecule has 0 heterocycles. The first kappa shape index (κ1) is 21.7. The Hall–Kier alpha value is -2.55. The zero-order valence-electron chi connectivity index (χ0n) is 15.9. The van der Waals surface area contributed by atoms with Gasteiger partial charge in [0.2, 0.25) is 0 Å². The highest BCUT2D eigenvalue weighted by Crippen LogP contribution is 2.26. The highest BCUT2D eigenvalue weighted by atomic mass is 32.2. The van der Waals surface area contributed by atoms with Gasteiger partial charge in [-0.05, 0) is 56.5 Å². The average molecular weight is 414 g/mol. The van der Waals surface area contributed by atoms with Gasteiger partial charge in [0, 0.05) is 5.56 Å². The number of benzene rings is 2. The minimum absolute atomic E-state index is 0.0788. The van der Waals surface area contributed by atoms with Crippen LogP contribution in [0.1, 0.15) is 32.6 Å². The molecule has 5 nitrogen and oxygen atoms in total. The van der Waals surface area contributed by atoms with Gasteiger partial charge >= 0.3 is 6.18 Å². The first-order valence-electron chi connectivity index (χ1n) is 8.36. The number of carbonyl (C=O) groups excluding carboxylic acids is 1. The third kappa shape index (κ3) is 5.25. The van der Waals surface area contributed by atoms with Crippen molar-refractivity contribution in [3.05, 3.63) is 58.1 Å². The number of carbonyl (C=O) groups is 1. The van der Waals surface area contributed by atoms with Crippen LogP contribution < -0.4 is 10.0 Å². The highest BCUT2D eigenvalue weighted by molar-refractivity contribution is 7.92. The van der Waals surface area contributed by atoms with Crippen molar-refractivity contribution in [2.75, 3.05) is 11.3 Å². The smallest absolute Gasteiger partial charge is 0.343 e. The van der Waals surface area contributed by atoms with Crippen LogP contribution in [-0.2, 0) is 10.0 Å². The van der Waals surface area contributed by atoms with Crippen LogP contribution in [0.5, 0.6) is 0 Å². The molecule has 0 spiro atoms. The molecular weight excluding hydrogens is 393 g/mol. The lowest BCUT2D eigenvalue weighted by Gasteiger charge is -2.16. The minimum Gasteiger partial charge on any atom is -0.343 e. The van der Waals surface area contributed by atoms with Crippen molar-refractivity contribution in [2.24, 2.45) is 0 Å². The maximum Gasteiger partial charge on any atom is 0.405 e. The lowest BCUT2D eigenvalue weighted by Crippen LogP contribution is -2.33. The van der Waals surface area contributed by atoms with Gasteiger partial charge in [0.1, 0.15) is 6.54 Å². The van der Waals surface area contributed by atoms with Gasteiger partial charge in [-0.15, -0.1) is 0 Å². The fourth-order valence-electron chi connectivity index (χ4n) is 2.94. The van der Waals surface area contributed by atoms with E-state index in [9.17, 15) is 26.4 Å². The molecule has 0 unspecified atom stereocenters. The van der Waals surface area contributed by atoms with E-state index in [4.69, 9.17) is 0 Å². The molecule has 0 aliphatic heterocycles. The molecule has 1 amide bonds. The van der Waals surface area contributed by atoms with Crippen molar-refractivity contribution in [1.82, 2.24) is 5.32 Å². The predicted molar refractivity (Wildman–Crippen MR) is 101 cm³/mol. The molecule has 0 aromatic heterocycles. The summed E-state index contributed by atoms with van der Waals surface area (Å²) in [7, 11) is -3.95. The molecule has 2 rings (SSSR count). The zero-order valence-corrected chi connectivity index (χ0v) is 16.7. The Kier molecular flexibility index (Phi) is 6.08. The second-order valence-corrected chi connectivity index (χ2v) is 8.28. The van der Waals surface area contributed by atoms with Crippen LogP contribution in [0.3, 0.4) is 0 Å². The third-order valence-corrected chi connectivity index (χ3v) is 5.74. The monoisotopic (exact) mass is 414 g/mol. The van der Waals surface area contributed by atoms with Crippen LogP contribution in [0.2, 0.25) is 0 Å². The topological polar surface area (TPSA) is 75.3 Å². The summed E-state index contributed by atoms with van der Waals surface area (Å²) in [6.45, 7) is 5.38. The van der Waals surface area contributed by atoms with Crippen molar-refractivity contribution in [3.8, 4) is 0 Å². The number of hydrogen-bond acceptors (Lipinski definition) is 3. The summed E-state index contributed by atoms with van der Waals surface area (Å²) in [5.41, 5.74) is 2.64. The summed E-state index contributed by atoms with van der Waals surface area (Å²) in [5, 5.41) is 1.76. The Morgan fingerprint density at radius 1 is 0.964 bits per heavy atom. The fourth-order valence-corrected chi connectivity index (χ4v) is 4.52. The van der Waals surface area contributed by atoms with Crippen molar-refractivity contribution in [1.29, 1.82) is 0 Å². The van der Waals surface area contributed by atoms with Gasteiger partial charge in [0.05, 0.1) is 10.6 Å². The second kappa shape index (κ2) is 7.83. The number of alkyl halides is 3. The molecule has 0 radical (unpaired) electrons. The maximum absolute atomic E-state index is 12.9. The fraction of sp³-hybridized carbons (Fsp3) is 0.316. The van der Waals surface area contributed by atoms with E-state index in [1.165, 1.54) is 18.2 Å². The Balaban J connectivity index is 2.35. The molecule has 2 aromatic carbocycles. The summed E-state index contributed by atoms with van der Waals surface area (Å²) in [6.07, 6.45) is -4.54.